The van der Waals surface area contributed by atoms with Gasteiger partial charge in [-0.2, -0.15) is 4.98 Å². The molecule has 0 N–H and O–H groups in total. The van der Waals surface area contributed by atoms with Gasteiger partial charge >= 0.3 is 5.69 Å². The second-order valence-corrected chi connectivity index (χ2v) is 6.27. The van der Waals surface area contributed by atoms with Crippen LogP contribution < -0.4 is 16.0 Å². The molecule has 8 heteroatoms. The van der Waals surface area contributed by atoms with Crippen LogP contribution in [0.5, 0.6) is 6.01 Å². The molecule has 1 atom stereocenters. The van der Waals surface area contributed by atoms with Gasteiger partial charge in [-0.15, -0.1) is 0 Å². The Hall–Kier alpha value is -2.87. The Labute approximate surface area is 156 Å². The molecule has 0 radical (unpaired) electrons. The van der Waals surface area contributed by atoms with Crippen molar-refractivity contribution in [2.75, 3.05) is 19.8 Å². The molecule has 0 fully saturated rings. The Morgan fingerprint density at radius 2 is 1.78 bits per heavy atom. The summed E-state index contributed by atoms with van der Waals surface area (Å²) >= 11 is 0. The Morgan fingerprint density at radius 3 is 2.44 bits per heavy atom. The monoisotopic (exact) mass is 372 g/mol. The van der Waals surface area contributed by atoms with Crippen LogP contribution >= 0.6 is 0 Å². The molecule has 0 amide bonds. The summed E-state index contributed by atoms with van der Waals surface area (Å²) in [6.45, 7) is 5.18. The van der Waals surface area contributed by atoms with Gasteiger partial charge in [-0.05, 0) is 19.4 Å². The Morgan fingerprint density at radius 1 is 1.07 bits per heavy atom. The highest BCUT2D eigenvalue weighted by Gasteiger charge is 2.24. The van der Waals surface area contributed by atoms with E-state index >= 15 is 0 Å². The van der Waals surface area contributed by atoms with E-state index in [1.165, 1.54) is 11.6 Å². The van der Waals surface area contributed by atoms with Crippen molar-refractivity contribution in [1.82, 2.24) is 18.7 Å². The molecule has 3 rings (SSSR count). The molecule has 0 unspecified atom stereocenters. The van der Waals surface area contributed by atoms with E-state index in [2.05, 4.69) is 4.98 Å². The number of imidazole rings is 1. The topological polar surface area (TPSA) is 80.3 Å². The van der Waals surface area contributed by atoms with Crippen molar-refractivity contribution in [2.45, 2.75) is 19.9 Å². The standard InChI is InChI=1S/C19H24N4O4/c1-5-26-11-12-27-18-20-16-15(17(24)22(4)19(25)21(16)3)23(18)13(2)14-9-7-6-8-10-14/h6-10,13H,5,11-12H2,1-4H3/t13-/m1/s1. The number of aromatic nitrogens is 4. The van der Waals surface area contributed by atoms with E-state index in [1.54, 1.807) is 11.6 Å². The normalized spacial score (nSPS) is 12.4. The summed E-state index contributed by atoms with van der Waals surface area (Å²) in [4.78, 5) is 29.6. The number of nitrogens with zero attached hydrogens (tertiary/aromatic N) is 4. The van der Waals surface area contributed by atoms with Gasteiger partial charge in [-0.1, -0.05) is 30.3 Å². The highest BCUT2D eigenvalue weighted by Crippen LogP contribution is 2.27. The first-order chi connectivity index (χ1) is 13.0. The van der Waals surface area contributed by atoms with Crippen LogP contribution in [-0.2, 0) is 18.8 Å². The second-order valence-electron chi connectivity index (χ2n) is 6.27. The summed E-state index contributed by atoms with van der Waals surface area (Å²) in [6, 6.07) is 9.86. The zero-order valence-corrected chi connectivity index (χ0v) is 16.0. The first-order valence-electron chi connectivity index (χ1n) is 8.90. The number of hydrogen-bond acceptors (Lipinski definition) is 5. The zero-order chi connectivity index (χ0) is 19.6. The Bertz CT molecular complexity index is 1050. The highest BCUT2D eigenvalue weighted by atomic mass is 16.5. The van der Waals surface area contributed by atoms with Crippen molar-refractivity contribution in [1.29, 1.82) is 0 Å². The van der Waals surface area contributed by atoms with Crippen molar-refractivity contribution in [3.8, 4) is 6.01 Å². The maximum absolute atomic E-state index is 12.9. The fourth-order valence-corrected chi connectivity index (χ4v) is 3.07. The largest absolute Gasteiger partial charge is 0.462 e. The lowest BCUT2D eigenvalue weighted by Crippen LogP contribution is -2.37. The second kappa shape index (κ2) is 7.79. The lowest BCUT2D eigenvalue weighted by Gasteiger charge is -2.17. The molecule has 27 heavy (non-hydrogen) atoms. The predicted octanol–water partition coefficient (Wildman–Crippen LogP) is 1.46. The van der Waals surface area contributed by atoms with Gasteiger partial charge < -0.3 is 9.47 Å². The van der Waals surface area contributed by atoms with Crippen LogP contribution in [0.4, 0.5) is 0 Å². The van der Waals surface area contributed by atoms with Crippen LogP contribution in [0.2, 0.25) is 0 Å². The van der Waals surface area contributed by atoms with Gasteiger partial charge in [-0.3, -0.25) is 18.5 Å². The first kappa shape index (κ1) is 18.9. The van der Waals surface area contributed by atoms with Gasteiger partial charge in [-0.25, -0.2) is 4.79 Å². The van der Waals surface area contributed by atoms with E-state index in [-0.39, 0.29) is 6.04 Å². The molecule has 0 saturated carbocycles. The smallest absolute Gasteiger partial charge is 0.332 e. The van der Waals surface area contributed by atoms with Gasteiger partial charge in [0.2, 0.25) is 0 Å². The molecule has 0 aliphatic heterocycles. The van der Waals surface area contributed by atoms with E-state index in [0.717, 1.165) is 10.1 Å². The third kappa shape index (κ3) is 3.40. The summed E-state index contributed by atoms with van der Waals surface area (Å²) in [5, 5.41) is 0. The third-order valence-electron chi connectivity index (χ3n) is 4.59. The number of fused-ring (bicyclic) bond motifs is 1. The minimum Gasteiger partial charge on any atom is -0.462 e. The van der Waals surface area contributed by atoms with Gasteiger partial charge in [0.25, 0.3) is 11.6 Å². The number of aryl methyl sites for hydroxylation is 1. The van der Waals surface area contributed by atoms with Gasteiger partial charge in [0.1, 0.15) is 6.61 Å². The third-order valence-corrected chi connectivity index (χ3v) is 4.59. The predicted molar refractivity (Wildman–Crippen MR) is 102 cm³/mol. The van der Waals surface area contributed by atoms with Crippen molar-refractivity contribution >= 4 is 11.2 Å². The van der Waals surface area contributed by atoms with E-state index in [4.69, 9.17) is 9.47 Å². The lowest BCUT2D eigenvalue weighted by molar-refractivity contribution is 0.104. The average Bonchev–Trinajstić information content (AvgIpc) is 3.07. The number of ether oxygens (including phenoxy) is 2. The minimum absolute atomic E-state index is 0.205. The molecule has 0 aliphatic carbocycles. The maximum Gasteiger partial charge on any atom is 0.332 e. The van der Waals surface area contributed by atoms with E-state index < -0.39 is 11.2 Å². The van der Waals surface area contributed by atoms with Crippen molar-refractivity contribution in [3.05, 3.63) is 56.7 Å². The lowest BCUT2D eigenvalue weighted by atomic mass is 10.1. The zero-order valence-electron chi connectivity index (χ0n) is 16.0. The Kier molecular flexibility index (Phi) is 5.46. The van der Waals surface area contributed by atoms with Crippen LogP contribution in [0.3, 0.4) is 0 Å². The molecule has 2 aromatic heterocycles. The quantitative estimate of drug-likeness (QED) is 0.587. The first-order valence-corrected chi connectivity index (χ1v) is 8.90. The van der Waals surface area contributed by atoms with Crippen molar-refractivity contribution < 1.29 is 9.47 Å². The van der Waals surface area contributed by atoms with Crippen LogP contribution in [0.1, 0.15) is 25.5 Å². The molecule has 0 bridgehead atoms. The van der Waals surface area contributed by atoms with E-state index in [1.807, 2.05) is 44.2 Å². The van der Waals surface area contributed by atoms with Gasteiger partial charge in [0.15, 0.2) is 11.2 Å². The van der Waals surface area contributed by atoms with Crippen LogP contribution in [-0.4, -0.2) is 38.5 Å². The highest BCUT2D eigenvalue weighted by molar-refractivity contribution is 5.72. The number of rotatable bonds is 7. The average molecular weight is 372 g/mol. The summed E-state index contributed by atoms with van der Waals surface area (Å²) in [7, 11) is 3.06. The maximum atomic E-state index is 12.9. The molecule has 144 valence electrons. The Balaban J connectivity index is 2.21. The van der Waals surface area contributed by atoms with E-state index in [9.17, 15) is 9.59 Å². The van der Waals surface area contributed by atoms with Gasteiger partial charge in [0, 0.05) is 20.7 Å². The summed E-state index contributed by atoms with van der Waals surface area (Å²) in [6.07, 6.45) is 0. The van der Waals surface area contributed by atoms with Crippen LogP contribution in [0.15, 0.2) is 39.9 Å². The number of benzene rings is 1. The molecule has 0 aliphatic rings. The molecule has 8 nitrogen and oxygen atoms in total. The molecular formula is C19H24N4O4. The summed E-state index contributed by atoms with van der Waals surface area (Å²) in [5.41, 5.74) is 0.815. The molecule has 0 spiro atoms. The number of hydrogen-bond donors (Lipinski definition) is 0. The molecule has 2 heterocycles. The SMILES string of the molecule is CCOCCOc1nc2c(c(=O)n(C)c(=O)n2C)n1[C@H](C)c1ccccc1. The molecule has 0 saturated heterocycles. The fourth-order valence-electron chi connectivity index (χ4n) is 3.07. The van der Waals surface area contributed by atoms with Crippen molar-refractivity contribution in [2.24, 2.45) is 14.1 Å². The fraction of sp³-hybridized carbons (Fsp3) is 0.421. The van der Waals surface area contributed by atoms with Crippen molar-refractivity contribution in [3.63, 3.8) is 0 Å². The van der Waals surface area contributed by atoms with Crippen LogP contribution in [0, 0.1) is 0 Å². The molecule has 1 aromatic carbocycles. The molecular weight excluding hydrogens is 348 g/mol. The molecule has 3 aromatic rings. The van der Waals surface area contributed by atoms with Crippen LogP contribution in [0.25, 0.3) is 11.2 Å². The minimum atomic E-state index is -0.426. The summed E-state index contributed by atoms with van der Waals surface area (Å²) < 4.78 is 15.3. The summed E-state index contributed by atoms with van der Waals surface area (Å²) in [5.74, 6) is 0. The van der Waals surface area contributed by atoms with E-state index in [0.29, 0.717) is 37.0 Å². The van der Waals surface area contributed by atoms with Gasteiger partial charge in [0.05, 0.1) is 12.6 Å².